The number of alkyl halides is 1. The summed E-state index contributed by atoms with van der Waals surface area (Å²) in [5, 5.41) is 6.27. The molecule has 39 heavy (non-hydrogen) atoms. The maximum absolute atomic E-state index is 11.9. The maximum atomic E-state index is 11.9. The Labute approximate surface area is 241 Å². The molecule has 224 valence electrons. The fourth-order valence-electron chi connectivity index (χ4n) is 4.14. The van der Waals surface area contributed by atoms with Crippen molar-refractivity contribution in [3.05, 3.63) is 71.4 Å². The lowest BCUT2D eigenvalue weighted by Gasteiger charge is -2.20. The first-order valence-corrected chi connectivity index (χ1v) is 14.9. The average molecular weight is 545 g/mol. The summed E-state index contributed by atoms with van der Waals surface area (Å²) >= 11 is 0. The Hall–Kier alpha value is -2.21. The molecular weight excluding hydrogens is 483 g/mol. The highest BCUT2D eigenvalue weighted by molar-refractivity contribution is 5.73. The van der Waals surface area contributed by atoms with E-state index in [1.54, 1.807) is 6.08 Å². The van der Waals surface area contributed by atoms with Crippen molar-refractivity contribution in [1.29, 1.82) is 0 Å². The standard InChI is InChI=1S/C11H16FN.C10H13N.C9H21N.C4H11N/c1-2-10(4-3-7-12)11-5-8-13-9-6-11;1-3-8(2)9-6-4-5-7-10(9)11;1-4-8(3)9(5-2)6-7-10;1-3-4-5-2/h2-5,13H,6-9H2,1H3;3-7H,11H2,1-2H3;8-9H,4-7,10H2,1-3H3;5H,3-4H2,1-2H3/b4-3-,10-2+;8-3+;;. The molecule has 2 atom stereocenters. The average Bonchev–Trinajstić information content (AvgIpc) is 2.97. The molecule has 0 aliphatic carbocycles. The molecule has 6 N–H and O–H groups in total. The van der Waals surface area contributed by atoms with Gasteiger partial charge in [0.05, 0.1) is 0 Å². The van der Waals surface area contributed by atoms with Gasteiger partial charge < -0.3 is 22.1 Å². The van der Waals surface area contributed by atoms with Crippen LogP contribution in [-0.2, 0) is 0 Å². The van der Waals surface area contributed by atoms with Crippen LogP contribution < -0.4 is 22.1 Å². The smallest absolute Gasteiger partial charge is 0.108 e. The topological polar surface area (TPSA) is 76.1 Å². The van der Waals surface area contributed by atoms with Gasteiger partial charge in [0, 0.05) is 12.2 Å². The number of nitrogen functional groups attached to an aromatic ring is 1. The first-order chi connectivity index (χ1) is 18.8. The molecule has 0 amide bonds. The maximum Gasteiger partial charge on any atom is 0.108 e. The zero-order valence-electron chi connectivity index (χ0n) is 26.5. The van der Waals surface area contributed by atoms with E-state index in [1.165, 1.54) is 36.8 Å². The minimum Gasteiger partial charge on any atom is -0.398 e. The second-order valence-electron chi connectivity index (χ2n) is 9.78. The molecule has 1 aromatic carbocycles. The normalized spacial score (nSPS) is 15.1. The second kappa shape index (κ2) is 27.4. The van der Waals surface area contributed by atoms with Crippen molar-refractivity contribution in [3.8, 4) is 0 Å². The third kappa shape index (κ3) is 19.5. The van der Waals surface area contributed by atoms with Crippen molar-refractivity contribution in [2.45, 2.75) is 80.6 Å². The number of anilines is 1. The summed E-state index contributed by atoms with van der Waals surface area (Å²) in [6.45, 7) is 18.6. The van der Waals surface area contributed by atoms with Crippen LogP contribution >= 0.6 is 0 Å². The molecule has 0 bridgehead atoms. The number of hydrogen-bond donors (Lipinski definition) is 4. The molecule has 5 heteroatoms. The highest BCUT2D eigenvalue weighted by atomic mass is 19.1. The largest absolute Gasteiger partial charge is 0.398 e. The van der Waals surface area contributed by atoms with E-state index < -0.39 is 0 Å². The lowest BCUT2D eigenvalue weighted by Crippen LogP contribution is -2.20. The Morgan fingerprint density at radius 1 is 1.13 bits per heavy atom. The van der Waals surface area contributed by atoms with Crippen LogP contribution in [0.3, 0.4) is 0 Å². The van der Waals surface area contributed by atoms with E-state index in [0.29, 0.717) is 0 Å². The van der Waals surface area contributed by atoms with Crippen LogP contribution in [0.5, 0.6) is 0 Å². The minimum atomic E-state index is -0.386. The summed E-state index contributed by atoms with van der Waals surface area (Å²) in [6, 6.07) is 7.90. The van der Waals surface area contributed by atoms with E-state index >= 15 is 0 Å². The van der Waals surface area contributed by atoms with E-state index in [-0.39, 0.29) is 6.67 Å². The van der Waals surface area contributed by atoms with Crippen LogP contribution in [0.15, 0.2) is 65.8 Å². The van der Waals surface area contributed by atoms with E-state index in [2.05, 4.69) is 57.4 Å². The van der Waals surface area contributed by atoms with Crippen molar-refractivity contribution in [2.75, 3.05) is 45.6 Å². The third-order valence-electron chi connectivity index (χ3n) is 6.96. The van der Waals surface area contributed by atoms with Gasteiger partial charge in [-0.15, -0.1) is 0 Å². The summed E-state index contributed by atoms with van der Waals surface area (Å²) in [6.07, 6.45) is 15.7. The quantitative estimate of drug-likeness (QED) is 0.168. The molecule has 0 saturated heterocycles. The van der Waals surface area contributed by atoms with Gasteiger partial charge in [0.15, 0.2) is 0 Å². The fourth-order valence-corrected chi connectivity index (χ4v) is 4.14. The number of halogens is 1. The summed E-state index contributed by atoms with van der Waals surface area (Å²) < 4.78 is 11.9. The van der Waals surface area contributed by atoms with Crippen LogP contribution in [0.4, 0.5) is 10.1 Å². The number of hydrogen-bond acceptors (Lipinski definition) is 4. The minimum absolute atomic E-state index is 0.386. The predicted molar refractivity (Wildman–Crippen MR) is 176 cm³/mol. The zero-order valence-corrected chi connectivity index (χ0v) is 26.5. The van der Waals surface area contributed by atoms with Gasteiger partial charge in [0.2, 0.25) is 0 Å². The van der Waals surface area contributed by atoms with Gasteiger partial charge in [0.25, 0.3) is 0 Å². The van der Waals surface area contributed by atoms with Gasteiger partial charge >= 0.3 is 0 Å². The van der Waals surface area contributed by atoms with Gasteiger partial charge in [-0.2, -0.15) is 0 Å². The van der Waals surface area contributed by atoms with Crippen LogP contribution in [0.2, 0.25) is 0 Å². The summed E-state index contributed by atoms with van der Waals surface area (Å²) in [7, 11) is 1.96. The van der Waals surface area contributed by atoms with Gasteiger partial charge in [0.1, 0.15) is 6.67 Å². The van der Waals surface area contributed by atoms with Gasteiger partial charge in [-0.25, -0.2) is 4.39 Å². The molecule has 0 spiro atoms. The van der Waals surface area contributed by atoms with Crippen LogP contribution in [0.1, 0.15) is 86.1 Å². The SMILES string of the molecule is C/C=C(\C)c1ccccc1N.C/C=C(\C=C/CF)C1=CCNCC1.CCC(C)C(CC)CCN.CCCNC. The zero-order chi connectivity index (χ0) is 29.9. The Morgan fingerprint density at radius 3 is 2.23 bits per heavy atom. The fraction of sp³-hybridized carbons (Fsp3) is 0.588. The number of nitrogens with two attached hydrogens (primary N) is 2. The molecule has 2 unspecified atom stereocenters. The van der Waals surface area contributed by atoms with Crippen molar-refractivity contribution in [2.24, 2.45) is 17.6 Å². The van der Waals surface area contributed by atoms with Gasteiger partial charge in [-0.05, 0) is 107 Å². The van der Waals surface area contributed by atoms with Crippen molar-refractivity contribution in [3.63, 3.8) is 0 Å². The summed E-state index contributed by atoms with van der Waals surface area (Å²) in [5.41, 5.74) is 16.9. The molecule has 4 nitrogen and oxygen atoms in total. The van der Waals surface area contributed by atoms with Gasteiger partial charge in [-0.1, -0.05) is 89.1 Å². The van der Waals surface area contributed by atoms with Crippen LogP contribution in [0.25, 0.3) is 5.57 Å². The first-order valence-electron chi connectivity index (χ1n) is 14.9. The monoisotopic (exact) mass is 544 g/mol. The number of benzene rings is 1. The van der Waals surface area contributed by atoms with Crippen molar-refractivity contribution < 1.29 is 4.39 Å². The van der Waals surface area contributed by atoms with Gasteiger partial charge in [-0.3, -0.25) is 0 Å². The van der Waals surface area contributed by atoms with E-state index in [0.717, 1.165) is 61.3 Å². The van der Waals surface area contributed by atoms with E-state index in [9.17, 15) is 4.39 Å². The molecular formula is C34H61FN4. The Balaban J connectivity index is 0. The van der Waals surface area contributed by atoms with E-state index in [4.69, 9.17) is 11.5 Å². The van der Waals surface area contributed by atoms with E-state index in [1.807, 2.05) is 57.3 Å². The molecule has 2 rings (SSSR count). The van der Waals surface area contributed by atoms with Crippen molar-refractivity contribution >= 4 is 11.3 Å². The molecule has 0 saturated carbocycles. The summed E-state index contributed by atoms with van der Waals surface area (Å²) in [5.74, 6) is 1.71. The third-order valence-corrected chi connectivity index (χ3v) is 6.96. The predicted octanol–water partition coefficient (Wildman–Crippen LogP) is 8.09. The Bertz CT molecular complexity index is 824. The molecule has 0 aromatic heterocycles. The number of para-hydroxylation sites is 1. The molecule has 0 fully saturated rings. The Kier molecular flexibility index (Phi) is 27.3. The molecule has 1 aliphatic heterocycles. The molecule has 1 aliphatic rings. The highest BCUT2D eigenvalue weighted by Gasteiger charge is 2.11. The molecule has 1 heterocycles. The first kappa shape index (κ1) is 38.9. The van der Waals surface area contributed by atoms with Crippen molar-refractivity contribution in [1.82, 2.24) is 10.6 Å². The molecule has 0 radical (unpaired) electrons. The second-order valence-corrected chi connectivity index (χ2v) is 9.78. The number of allylic oxidation sites excluding steroid dienone is 6. The molecule has 1 aromatic rings. The summed E-state index contributed by atoms with van der Waals surface area (Å²) in [4.78, 5) is 0. The van der Waals surface area contributed by atoms with Crippen LogP contribution in [-0.4, -0.2) is 39.9 Å². The highest BCUT2D eigenvalue weighted by Crippen LogP contribution is 2.21. The van der Waals surface area contributed by atoms with Crippen LogP contribution in [0, 0.1) is 11.8 Å². The lowest BCUT2D eigenvalue weighted by molar-refractivity contribution is 0.322. The lowest BCUT2D eigenvalue weighted by atomic mass is 9.87. The Morgan fingerprint density at radius 2 is 1.82 bits per heavy atom. The number of rotatable bonds is 11. The number of nitrogens with one attached hydrogen (secondary N) is 2.